The Kier molecular flexibility index (Phi) is 5.59. The van der Waals surface area contributed by atoms with Crippen LogP contribution in [0.15, 0.2) is 72.1 Å². The van der Waals surface area contributed by atoms with E-state index < -0.39 is 9.84 Å². The predicted octanol–water partition coefficient (Wildman–Crippen LogP) is 2.32. The Morgan fingerprint density at radius 3 is 2.63 bits per heavy atom. The molecule has 1 aliphatic heterocycles. The highest BCUT2D eigenvalue weighted by atomic mass is 32.2. The van der Waals surface area contributed by atoms with Crippen molar-refractivity contribution in [2.24, 2.45) is 0 Å². The maximum Gasteiger partial charge on any atom is 0.227 e. The Balaban J connectivity index is 1.57. The van der Waals surface area contributed by atoms with Gasteiger partial charge in [0.15, 0.2) is 9.84 Å². The number of nitrogens with zero attached hydrogens (tertiary/aromatic N) is 3. The van der Waals surface area contributed by atoms with Gasteiger partial charge in [0.25, 0.3) is 0 Å². The molecule has 8 heteroatoms. The third-order valence-electron chi connectivity index (χ3n) is 5.19. The first-order chi connectivity index (χ1) is 14.4. The Bertz CT molecular complexity index is 1130. The van der Waals surface area contributed by atoms with Crippen molar-refractivity contribution in [3.63, 3.8) is 0 Å². The molecular formula is C22H23N3O4S. The van der Waals surface area contributed by atoms with Gasteiger partial charge in [0.2, 0.25) is 5.91 Å². The molecule has 1 aromatic heterocycles. The number of rotatable bonds is 5. The van der Waals surface area contributed by atoms with Crippen molar-refractivity contribution in [1.82, 2.24) is 14.5 Å². The summed E-state index contributed by atoms with van der Waals surface area (Å²) >= 11 is 0. The zero-order valence-corrected chi connectivity index (χ0v) is 17.5. The minimum atomic E-state index is -3.27. The second kappa shape index (κ2) is 8.31. The fraction of sp³-hybridized carbons (Fsp3) is 0.273. The van der Waals surface area contributed by atoms with Crippen LogP contribution in [0.4, 0.5) is 0 Å². The van der Waals surface area contributed by atoms with Gasteiger partial charge < -0.3 is 14.2 Å². The smallest absolute Gasteiger partial charge is 0.227 e. The van der Waals surface area contributed by atoms with E-state index in [1.165, 1.54) is 6.26 Å². The van der Waals surface area contributed by atoms with Crippen LogP contribution in [0.5, 0.6) is 5.75 Å². The molecule has 156 valence electrons. The molecule has 0 fully saturated rings. The maximum atomic E-state index is 13.3. The van der Waals surface area contributed by atoms with Gasteiger partial charge in [-0.25, -0.2) is 13.4 Å². The number of carbonyl (C=O) groups is 1. The highest BCUT2D eigenvalue weighted by Crippen LogP contribution is 2.26. The Hall–Kier alpha value is -3.13. The van der Waals surface area contributed by atoms with Gasteiger partial charge in [0, 0.05) is 37.3 Å². The number of amides is 1. The van der Waals surface area contributed by atoms with Crippen molar-refractivity contribution in [2.75, 3.05) is 12.9 Å². The molecule has 1 atom stereocenters. The van der Waals surface area contributed by atoms with Crippen molar-refractivity contribution in [3.05, 3.63) is 78.4 Å². The van der Waals surface area contributed by atoms with Crippen LogP contribution in [-0.4, -0.2) is 47.7 Å². The van der Waals surface area contributed by atoms with Crippen LogP contribution < -0.4 is 4.74 Å². The molecule has 0 aliphatic carbocycles. The number of para-hydroxylation sites is 1. The molecule has 0 saturated carbocycles. The van der Waals surface area contributed by atoms with Crippen molar-refractivity contribution in [3.8, 4) is 5.75 Å². The fourth-order valence-corrected chi connectivity index (χ4v) is 4.21. The zero-order chi connectivity index (χ0) is 21.1. The van der Waals surface area contributed by atoms with Gasteiger partial charge in [-0.05, 0) is 23.8 Å². The average molecular weight is 426 g/mol. The molecule has 2 aromatic carbocycles. The lowest BCUT2D eigenvalue weighted by Crippen LogP contribution is -2.44. The Labute approximate surface area is 175 Å². The van der Waals surface area contributed by atoms with E-state index in [1.54, 1.807) is 36.8 Å². The second-order valence-corrected chi connectivity index (χ2v) is 9.46. The van der Waals surface area contributed by atoms with Gasteiger partial charge in [-0.1, -0.05) is 30.3 Å². The van der Waals surface area contributed by atoms with Crippen LogP contribution in [-0.2, 0) is 34.1 Å². The molecule has 30 heavy (non-hydrogen) atoms. The van der Waals surface area contributed by atoms with E-state index in [0.29, 0.717) is 19.7 Å². The predicted molar refractivity (Wildman–Crippen MR) is 112 cm³/mol. The summed E-state index contributed by atoms with van der Waals surface area (Å²) in [5.41, 5.74) is 1.73. The quantitative estimate of drug-likeness (QED) is 0.627. The molecule has 3 aromatic rings. The van der Waals surface area contributed by atoms with Gasteiger partial charge in [0.05, 0.1) is 23.7 Å². The number of carbonyl (C=O) groups excluding carboxylic acids is 1. The van der Waals surface area contributed by atoms with Crippen molar-refractivity contribution < 1.29 is 17.9 Å². The van der Waals surface area contributed by atoms with E-state index in [1.807, 2.05) is 39.9 Å². The normalized spacial score (nSPS) is 16.4. The molecule has 0 N–H and O–H groups in total. The number of imidazole rings is 1. The average Bonchev–Trinajstić information content (AvgIpc) is 3.15. The lowest BCUT2D eigenvalue weighted by Gasteiger charge is -2.29. The molecule has 0 spiro atoms. The standard InChI is InChI=1S/C22H23N3O4S/c1-30(27,28)20-8-6-17(7-9-20)12-22(26)25-13-18-4-2-3-5-21(18)29-15-19(25)14-24-11-10-23-16-24/h2-11,16,19H,12-15H2,1H3. The third-order valence-corrected chi connectivity index (χ3v) is 6.32. The molecule has 7 nitrogen and oxygen atoms in total. The number of fused-ring (bicyclic) bond motifs is 1. The summed E-state index contributed by atoms with van der Waals surface area (Å²) in [5, 5.41) is 0. The number of benzene rings is 2. The van der Waals surface area contributed by atoms with Gasteiger partial charge in [-0.2, -0.15) is 0 Å². The van der Waals surface area contributed by atoms with Gasteiger partial charge in [-0.3, -0.25) is 4.79 Å². The molecule has 1 amide bonds. The highest BCUT2D eigenvalue weighted by molar-refractivity contribution is 7.90. The number of sulfone groups is 1. The zero-order valence-electron chi connectivity index (χ0n) is 16.6. The molecule has 1 unspecified atom stereocenters. The summed E-state index contributed by atoms with van der Waals surface area (Å²) in [5.74, 6) is 0.758. The molecule has 0 bridgehead atoms. The largest absolute Gasteiger partial charge is 0.491 e. The summed E-state index contributed by atoms with van der Waals surface area (Å²) in [6.07, 6.45) is 6.66. The highest BCUT2D eigenvalue weighted by Gasteiger charge is 2.29. The maximum absolute atomic E-state index is 13.3. The molecule has 0 saturated heterocycles. The number of hydrogen-bond donors (Lipinski definition) is 0. The van der Waals surface area contributed by atoms with Crippen molar-refractivity contribution in [1.29, 1.82) is 0 Å². The van der Waals surface area contributed by atoms with Crippen LogP contribution in [0.25, 0.3) is 0 Å². The fourth-order valence-electron chi connectivity index (χ4n) is 3.58. The molecule has 2 heterocycles. The van der Waals surface area contributed by atoms with Crippen LogP contribution in [0.3, 0.4) is 0 Å². The summed E-state index contributed by atoms with van der Waals surface area (Å²) in [6.45, 7) is 1.41. The van der Waals surface area contributed by atoms with Crippen molar-refractivity contribution >= 4 is 15.7 Å². The SMILES string of the molecule is CS(=O)(=O)c1ccc(CC(=O)N2Cc3ccccc3OCC2Cn2ccnc2)cc1. The number of hydrogen-bond acceptors (Lipinski definition) is 5. The van der Waals surface area contributed by atoms with Crippen LogP contribution in [0.2, 0.25) is 0 Å². The first-order valence-electron chi connectivity index (χ1n) is 9.65. The van der Waals surface area contributed by atoms with Gasteiger partial charge >= 0.3 is 0 Å². The Morgan fingerprint density at radius 2 is 1.93 bits per heavy atom. The second-order valence-electron chi connectivity index (χ2n) is 7.45. The van der Waals surface area contributed by atoms with E-state index in [2.05, 4.69) is 4.98 Å². The summed E-state index contributed by atoms with van der Waals surface area (Å²) in [6, 6.07) is 14.1. The van der Waals surface area contributed by atoms with Crippen LogP contribution >= 0.6 is 0 Å². The minimum Gasteiger partial charge on any atom is -0.491 e. The topological polar surface area (TPSA) is 81.5 Å². The Morgan fingerprint density at radius 1 is 1.17 bits per heavy atom. The van der Waals surface area contributed by atoms with E-state index in [-0.39, 0.29) is 23.3 Å². The molecule has 0 radical (unpaired) electrons. The lowest BCUT2D eigenvalue weighted by molar-refractivity contribution is -0.134. The van der Waals surface area contributed by atoms with Crippen molar-refractivity contribution in [2.45, 2.75) is 30.4 Å². The minimum absolute atomic E-state index is 0.0347. The number of aromatic nitrogens is 2. The summed E-state index contributed by atoms with van der Waals surface area (Å²) < 4.78 is 31.3. The third kappa shape index (κ3) is 4.54. The van der Waals surface area contributed by atoms with Gasteiger partial charge in [0.1, 0.15) is 12.4 Å². The van der Waals surface area contributed by atoms with E-state index in [4.69, 9.17) is 4.74 Å². The first-order valence-corrected chi connectivity index (χ1v) is 11.5. The van der Waals surface area contributed by atoms with E-state index >= 15 is 0 Å². The first kappa shape index (κ1) is 20.2. The monoisotopic (exact) mass is 425 g/mol. The molecule has 1 aliphatic rings. The summed E-state index contributed by atoms with van der Waals surface area (Å²) in [7, 11) is -3.27. The number of ether oxygens (including phenoxy) is 1. The van der Waals surface area contributed by atoms with Gasteiger partial charge in [-0.15, -0.1) is 0 Å². The molecular weight excluding hydrogens is 402 g/mol. The van der Waals surface area contributed by atoms with E-state index in [0.717, 1.165) is 16.9 Å². The van der Waals surface area contributed by atoms with Crippen LogP contribution in [0, 0.1) is 0 Å². The molecule has 4 rings (SSSR count). The van der Waals surface area contributed by atoms with Crippen LogP contribution in [0.1, 0.15) is 11.1 Å². The summed E-state index contributed by atoms with van der Waals surface area (Å²) in [4.78, 5) is 19.5. The lowest BCUT2D eigenvalue weighted by atomic mass is 10.1. The van der Waals surface area contributed by atoms with E-state index in [9.17, 15) is 13.2 Å².